The number of nitrogens with zero attached hydrogens (tertiary/aromatic N) is 1. The Balaban J connectivity index is 2.32. The van der Waals surface area contributed by atoms with Crippen LogP contribution in [0.15, 0.2) is 11.8 Å². The first-order valence-electron chi connectivity index (χ1n) is 5.00. The average molecular weight is 309 g/mol. The van der Waals surface area contributed by atoms with Gasteiger partial charge in [-0.3, -0.25) is 0 Å². The molecule has 2 aliphatic heterocycles. The van der Waals surface area contributed by atoms with Crippen LogP contribution in [0.3, 0.4) is 0 Å². The molecule has 4 atom stereocenters. The average Bonchev–Trinajstić information content (AvgIpc) is 2.48. The molecule has 80 valence electrons. The lowest BCUT2D eigenvalue weighted by atomic mass is 10.1. The molecule has 14 heavy (non-hydrogen) atoms. The van der Waals surface area contributed by atoms with Gasteiger partial charge in [0.05, 0.1) is 12.1 Å². The van der Waals surface area contributed by atoms with Crippen molar-refractivity contribution >= 4 is 22.6 Å². The molecule has 0 aromatic carbocycles. The van der Waals surface area contributed by atoms with Gasteiger partial charge in [-0.25, -0.2) is 4.90 Å². The first kappa shape index (κ1) is 10.7. The Hall–Kier alpha value is 0.190. The summed E-state index contributed by atoms with van der Waals surface area (Å²) in [7, 11) is 0. The van der Waals surface area contributed by atoms with Crippen LogP contribution in [0.5, 0.6) is 0 Å². The van der Waals surface area contributed by atoms with Crippen LogP contribution in [0.1, 0.15) is 27.2 Å². The van der Waals surface area contributed by atoms with Gasteiger partial charge in [0.15, 0.2) is 0 Å². The third-order valence-corrected chi connectivity index (χ3v) is 4.45. The highest BCUT2D eigenvalue weighted by Crippen LogP contribution is 2.49. The summed E-state index contributed by atoms with van der Waals surface area (Å²) in [6, 6.07) is 0.461. The molecule has 0 radical (unpaired) electrons. The van der Waals surface area contributed by atoms with Gasteiger partial charge < -0.3 is 9.84 Å². The molecule has 3 nitrogen and oxygen atoms in total. The third-order valence-electron chi connectivity index (χ3n) is 3.23. The summed E-state index contributed by atoms with van der Waals surface area (Å²) >= 11 is 2.30. The van der Waals surface area contributed by atoms with E-state index in [1.807, 2.05) is 13.0 Å². The van der Waals surface area contributed by atoms with E-state index >= 15 is 0 Å². The highest BCUT2D eigenvalue weighted by Gasteiger charge is 2.57. The van der Waals surface area contributed by atoms with Crippen molar-refractivity contribution in [1.29, 1.82) is 0 Å². The Morgan fingerprint density at radius 1 is 1.64 bits per heavy atom. The van der Waals surface area contributed by atoms with Crippen molar-refractivity contribution in [2.24, 2.45) is 0 Å². The Morgan fingerprint density at radius 2 is 2.29 bits per heavy atom. The van der Waals surface area contributed by atoms with Gasteiger partial charge in [-0.1, -0.05) is 0 Å². The second kappa shape index (κ2) is 3.35. The number of hydrogen-bond donors (Lipinski definition) is 1. The number of fused-ring (bicyclic) bond motifs is 1. The van der Waals surface area contributed by atoms with Gasteiger partial charge in [0.2, 0.25) is 3.73 Å². The van der Waals surface area contributed by atoms with Gasteiger partial charge in [-0.2, -0.15) is 0 Å². The maximum Gasteiger partial charge on any atom is 0.218 e. The number of halogens is 1. The summed E-state index contributed by atoms with van der Waals surface area (Å²) in [5, 5.41) is 9.80. The molecule has 0 saturated carbocycles. The van der Waals surface area contributed by atoms with Crippen molar-refractivity contribution < 1.29 is 9.84 Å². The van der Waals surface area contributed by atoms with E-state index in [0.29, 0.717) is 6.42 Å². The van der Waals surface area contributed by atoms with E-state index in [-0.39, 0.29) is 21.9 Å². The van der Waals surface area contributed by atoms with Crippen LogP contribution < -0.4 is 0 Å². The van der Waals surface area contributed by atoms with Crippen LogP contribution in [0.4, 0.5) is 0 Å². The molecule has 0 aliphatic carbocycles. The monoisotopic (exact) mass is 309 g/mol. The molecular formula is C10H16INO2. The smallest absolute Gasteiger partial charge is 0.218 e. The fraction of sp³-hybridized carbons (Fsp3) is 0.800. The Kier molecular flexibility index (Phi) is 2.56. The predicted octanol–water partition coefficient (Wildman–Crippen LogP) is 1.85. The lowest BCUT2D eigenvalue weighted by Gasteiger charge is -2.27. The number of alkyl halides is 1. The predicted molar refractivity (Wildman–Crippen MR) is 63.0 cm³/mol. The fourth-order valence-electron chi connectivity index (χ4n) is 2.46. The van der Waals surface area contributed by atoms with Crippen molar-refractivity contribution in [3.05, 3.63) is 11.8 Å². The minimum absolute atomic E-state index is 0.180. The van der Waals surface area contributed by atoms with E-state index in [1.165, 1.54) is 0 Å². The van der Waals surface area contributed by atoms with Crippen molar-refractivity contribution in [3.8, 4) is 0 Å². The van der Waals surface area contributed by atoms with E-state index in [2.05, 4.69) is 41.3 Å². The first-order chi connectivity index (χ1) is 6.49. The van der Waals surface area contributed by atoms with E-state index < -0.39 is 0 Å². The van der Waals surface area contributed by atoms with Crippen LogP contribution in [0, 0.1) is 0 Å². The van der Waals surface area contributed by atoms with Gasteiger partial charge in [-0.05, 0) is 49.4 Å². The Bertz CT molecular complexity index is 281. The van der Waals surface area contributed by atoms with E-state index in [9.17, 15) is 5.11 Å². The zero-order valence-electron chi connectivity index (χ0n) is 8.70. The summed E-state index contributed by atoms with van der Waals surface area (Å²) in [5.74, 6) is 1.03. The van der Waals surface area contributed by atoms with Crippen LogP contribution in [-0.4, -0.2) is 31.9 Å². The van der Waals surface area contributed by atoms with Crippen molar-refractivity contribution in [2.45, 2.75) is 49.1 Å². The Morgan fingerprint density at radius 3 is 2.79 bits per heavy atom. The summed E-state index contributed by atoms with van der Waals surface area (Å²) in [6.45, 7) is 6.18. The lowest BCUT2D eigenvalue weighted by Crippen LogP contribution is -2.42. The van der Waals surface area contributed by atoms with Gasteiger partial charge in [0.25, 0.3) is 0 Å². The van der Waals surface area contributed by atoms with Gasteiger partial charge in [0.1, 0.15) is 5.76 Å². The largest absolute Gasteiger partial charge is 0.467 e. The molecule has 0 amide bonds. The number of aliphatic hydroxyl groups excluding tert-OH is 1. The quantitative estimate of drug-likeness (QED) is 0.421. The number of allylic oxidation sites excluding steroid dienone is 1. The number of aliphatic hydroxyl groups is 1. The number of hydrogen-bond acceptors (Lipinski definition) is 3. The third kappa shape index (κ3) is 1.31. The standard InChI is InChI=1S/C10H16INO2/c1-4-9-7(3)12-6(2)8(13)5-10(12,11)14-9/h4,6-8,13H,5H2,1-3H3/b9-4-. The fourth-order valence-corrected chi connectivity index (χ4v) is 4.03. The normalized spacial score (nSPS) is 50.9. The van der Waals surface area contributed by atoms with Crippen LogP contribution >= 0.6 is 22.6 Å². The summed E-state index contributed by atoms with van der Waals surface area (Å²) in [6.07, 6.45) is 2.44. The molecule has 2 fully saturated rings. The second-order valence-corrected chi connectivity index (χ2v) is 5.76. The zero-order chi connectivity index (χ0) is 10.5. The molecule has 0 aromatic heterocycles. The van der Waals surface area contributed by atoms with Crippen molar-refractivity contribution in [1.82, 2.24) is 4.90 Å². The molecule has 2 heterocycles. The minimum atomic E-state index is -0.322. The van der Waals surface area contributed by atoms with Crippen molar-refractivity contribution in [3.63, 3.8) is 0 Å². The van der Waals surface area contributed by atoms with Gasteiger partial charge >= 0.3 is 0 Å². The zero-order valence-corrected chi connectivity index (χ0v) is 10.9. The molecule has 0 bridgehead atoms. The highest BCUT2D eigenvalue weighted by atomic mass is 127. The van der Waals surface area contributed by atoms with E-state index in [4.69, 9.17) is 4.74 Å². The molecule has 0 aromatic rings. The second-order valence-electron chi connectivity index (χ2n) is 4.08. The maximum absolute atomic E-state index is 9.80. The summed E-state index contributed by atoms with van der Waals surface area (Å²) in [5.41, 5.74) is 0. The molecule has 2 rings (SSSR count). The maximum atomic E-state index is 9.80. The molecule has 0 spiro atoms. The van der Waals surface area contributed by atoms with Crippen LogP contribution in [-0.2, 0) is 4.74 Å². The molecular weight excluding hydrogens is 293 g/mol. The van der Waals surface area contributed by atoms with Crippen molar-refractivity contribution in [2.75, 3.05) is 0 Å². The molecule has 4 unspecified atom stereocenters. The molecule has 4 heteroatoms. The lowest BCUT2D eigenvalue weighted by molar-refractivity contribution is 0.0503. The minimum Gasteiger partial charge on any atom is -0.467 e. The Labute approximate surface area is 98.3 Å². The molecule has 1 N–H and O–H groups in total. The molecule has 2 saturated heterocycles. The SMILES string of the molecule is C/C=C1\OC2(I)CC(O)C(C)N2C1C. The first-order valence-corrected chi connectivity index (χ1v) is 6.08. The number of ether oxygens (including phenoxy) is 1. The van der Waals surface area contributed by atoms with Crippen LogP contribution in [0.2, 0.25) is 0 Å². The topological polar surface area (TPSA) is 32.7 Å². The number of rotatable bonds is 0. The van der Waals surface area contributed by atoms with E-state index in [0.717, 1.165) is 5.76 Å². The summed E-state index contributed by atoms with van der Waals surface area (Å²) < 4.78 is 5.57. The van der Waals surface area contributed by atoms with E-state index in [1.54, 1.807) is 0 Å². The highest BCUT2D eigenvalue weighted by molar-refractivity contribution is 14.1. The van der Waals surface area contributed by atoms with Gasteiger partial charge in [-0.15, -0.1) is 0 Å². The molecule has 2 aliphatic rings. The summed E-state index contributed by atoms with van der Waals surface area (Å²) in [4.78, 5) is 2.26. The van der Waals surface area contributed by atoms with Gasteiger partial charge in [0, 0.05) is 12.5 Å². The van der Waals surface area contributed by atoms with Crippen LogP contribution in [0.25, 0.3) is 0 Å².